The third kappa shape index (κ3) is 3.49. The largest absolute Gasteiger partial charge is 0.373 e. The summed E-state index contributed by atoms with van der Waals surface area (Å²) >= 11 is 0. The molecule has 1 aliphatic rings. The van der Waals surface area contributed by atoms with Gasteiger partial charge in [-0.1, -0.05) is 42.4 Å². The zero-order valence-electron chi connectivity index (χ0n) is 10.7. The molecular formula is C14H19N3O. The van der Waals surface area contributed by atoms with Gasteiger partial charge in [0.05, 0.1) is 12.7 Å². The second-order valence-electron chi connectivity index (χ2n) is 4.98. The van der Waals surface area contributed by atoms with Crippen LogP contribution < -0.4 is 0 Å². The second kappa shape index (κ2) is 6.43. The average molecular weight is 245 g/mol. The number of hydrogen-bond acceptors (Lipinski definition) is 2. The standard InChI is InChI=1S/C14H19N3O/c1-11-9-13(16-17-15)7-8-14(11)18-10-12-5-3-2-4-6-12/h2-6,11,13-14H,7-10H2,1H3/t11-,13-,14+/m0/s1. The topological polar surface area (TPSA) is 58.0 Å². The second-order valence-corrected chi connectivity index (χ2v) is 4.98. The van der Waals surface area contributed by atoms with Crippen molar-refractivity contribution in [2.24, 2.45) is 11.0 Å². The SMILES string of the molecule is C[C@H]1C[C@@H](N=[N+]=[N-])CC[C@H]1OCc1ccccc1. The Morgan fingerprint density at radius 1 is 1.33 bits per heavy atom. The highest BCUT2D eigenvalue weighted by atomic mass is 16.5. The first kappa shape index (κ1) is 12.9. The summed E-state index contributed by atoms with van der Waals surface area (Å²) < 4.78 is 5.97. The molecular weight excluding hydrogens is 226 g/mol. The van der Waals surface area contributed by atoms with E-state index >= 15 is 0 Å². The summed E-state index contributed by atoms with van der Waals surface area (Å²) in [6, 6.07) is 10.4. The monoisotopic (exact) mass is 245 g/mol. The van der Waals surface area contributed by atoms with E-state index in [1.165, 1.54) is 5.56 Å². The fourth-order valence-corrected chi connectivity index (χ4v) is 2.54. The molecule has 4 nitrogen and oxygen atoms in total. The summed E-state index contributed by atoms with van der Waals surface area (Å²) in [6.45, 7) is 2.84. The summed E-state index contributed by atoms with van der Waals surface area (Å²) in [5.74, 6) is 0.456. The van der Waals surface area contributed by atoms with E-state index in [1.54, 1.807) is 0 Å². The lowest BCUT2D eigenvalue weighted by Gasteiger charge is -2.32. The molecule has 0 radical (unpaired) electrons. The summed E-state index contributed by atoms with van der Waals surface area (Å²) in [4.78, 5) is 2.90. The van der Waals surface area contributed by atoms with E-state index in [2.05, 4.69) is 29.1 Å². The van der Waals surface area contributed by atoms with Crippen LogP contribution in [0.15, 0.2) is 35.4 Å². The van der Waals surface area contributed by atoms with Gasteiger partial charge in [0, 0.05) is 11.0 Å². The van der Waals surface area contributed by atoms with Crippen molar-refractivity contribution in [3.63, 3.8) is 0 Å². The predicted octanol–water partition coefficient (Wildman–Crippen LogP) is 4.07. The van der Waals surface area contributed by atoms with Crippen LogP contribution >= 0.6 is 0 Å². The van der Waals surface area contributed by atoms with Gasteiger partial charge in [0.2, 0.25) is 0 Å². The van der Waals surface area contributed by atoms with E-state index in [1.807, 2.05) is 18.2 Å². The molecule has 0 aromatic heterocycles. The lowest BCUT2D eigenvalue weighted by atomic mass is 9.85. The molecule has 0 aliphatic heterocycles. The third-order valence-corrected chi connectivity index (χ3v) is 3.58. The fraction of sp³-hybridized carbons (Fsp3) is 0.571. The molecule has 3 atom stereocenters. The van der Waals surface area contributed by atoms with Crippen molar-refractivity contribution >= 4 is 0 Å². The maximum Gasteiger partial charge on any atom is 0.0720 e. The molecule has 0 saturated heterocycles. The van der Waals surface area contributed by atoms with Gasteiger partial charge in [-0.15, -0.1) is 0 Å². The van der Waals surface area contributed by atoms with Crippen LogP contribution in [0.3, 0.4) is 0 Å². The summed E-state index contributed by atoms with van der Waals surface area (Å²) in [5.41, 5.74) is 9.66. The van der Waals surface area contributed by atoms with Gasteiger partial charge in [0.25, 0.3) is 0 Å². The van der Waals surface area contributed by atoms with Crippen LogP contribution in [0.4, 0.5) is 0 Å². The summed E-state index contributed by atoms with van der Waals surface area (Å²) in [7, 11) is 0. The van der Waals surface area contributed by atoms with E-state index in [9.17, 15) is 0 Å². The van der Waals surface area contributed by atoms with E-state index in [-0.39, 0.29) is 12.1 Å². The van der Waals surface area contributed by atoms with E-state index in [4.69, 9.17) is 10.3 Å². The number of hydrogen-bond donors (Lipinski definition) is 0. The molecule has 1 aromatic carbocycles. The Balaban J connectivity index is 1.82. The zero-order valence-corrected chi connectivity index (χ0v) is 10.7. The van der Waals surface area contributed by atoms with E-state index in [0.29, 0.717) is 12.5 Å². The molecule has 0 heterocycles. The van der Waals surface area contributed by atoms with Gasteiger partial charge < -0.3 is 4.74 Å². The molecule has 0 unspecified atom stereocenters. The molecule has 96 valence electrons. The van der Waals surface area contributed by atoms with Crippen molar-refractivity contribution in [2.75, 3.05) is 0 Å². The number of rotatable bonds is 4. The minimum Gasteiger partial charge on any atom is -0.373 e. The number of benzene rings is 1. The Morgan fingerprint density at radius 3 is 2.78 bits per heavy atom. The van der Waals surface area contributed by atoms with Gasteiger partial charge in [0.15, 0.2) is 0 Å². The van der Waals surface area contributed by atoms with Crippen molar-refractivity contribution in [1.82, 2.24) is 0 Å². The molecule has 1 aliphatic carbocycles. The number of azide groups is 1. The molecule has 1 saturated carbocycles. The molecule has 0 amide bonds. The quantitative estimate of drug-likeness (QED) is 0.448. The van der Waals surface area contributed by atoms with Crippen molar-refractivity contribution < 1.29 is 4.74 Å². The molecule has 0 spiro atoms. The van der Waals surface area contributed by atoms with Gasteiger partial charge in [-0.3, -0.25) is 0 Å². The number of ether oxygens (including phenoxy) is 1. The smallest absolute Gasteiger partial charge is 0.0720 e. The van der Waals surface area contributed by atoms with Crippen molar-refractivity contribution in [3.8, 4) is 0 Å². The van der Waals surface area contributed by atoms with Gasteiger partial charge in [0.1, 0.15) is 0 Å². The fourth-order valence-electron chi connectivity index (χ4n) is 2.54. The van der Waals surface area contributed by atoms with Crippen LogP contribution in [0.5, 0.6) is 0 Å². The Bertz CT molecular complexity index is 414. The van der Waals surface area contributed by atoms with Gasteiger partial charge in [-0.25, -0.2) is 0 Å². The highest BCUT2D eigenvalue weighted by molar-refractivity contribution is 5.13. The normalized spacial score (nSPS) is 27.5. The highest BCUT2D eigenvalue weighted by Crippen LogP contribution is 2.29. The Labute approximate surface area is 108 Å². The minimum absolute atomic E-state index is 0.154. The molecule has 2 rings (SSSR count). The molecule has 4 heteroatoms. The Hall–Kier alpha value is -1.51. The van der Waals surface area contributed by atoms with Crippen LogP contribution in [0.1, 0.15) is 31.7 Å². The molecule has 18 heavy (non-hydrogen) atoms. The molecule has 1 fully saturated rings. The first-order valence-corrected chi connectivity index (χ1v) is 6.49. The lowest BCUT2D eigenvalue weighted by molar-refractivity contribution is -0.0189. The van der Waals surface area contributed by atoms with Crippen LogP contribution in [0.25, 0.3) is 10.4 Å². The van der Waals surface area contributed by atoms with Crippen molar-refractivity contribution in [1.29, 1.82) is 0 Å². The van der Waals surface area contributed by atoms with Crippen molar-refractivity contribution in [3.05, 3.63) is 46.3 Å². The third-order valence-electron chi connectivity index (χ3n) is 3.58. The number of nitrogens with zero attached hydrogens (tertiary/aromatic N) is 3. The molecule has 1 aromatic rings. The zero-order chi connectivity index (χ0) is 12.8. The Kier molecular flexibility index (Phi) is 4.62. The first-order valence-electron chi connectivity index (χ1n) is 6.49. The van der Waals surface area contributed by atoms with Crippen LogP contribution in [-0.2, 0) is 11.3 Å². The molecule has 0 bridgehead atoms. The van der Waals surface area contributed by atoms with Crippen LogP contribution in [0.2, 0.25) is 0 Å². The summed E-state index contributed by atoms with van der Waals surface area (Å²) in [5, 5.41) is 3.81. The minimum atomic E-state index is 0.154. The van der Waals surface area contributed by atoms with Gasteiger partial charge in [-0.2, -0.15) is 0 Å². The lowest BCUT2D eigenvalue weighted by Crippen LogP contribution is -2.31. The van der Waals surface area contributed by atoms with E-state index < -0.39 is 0 Å². The molecule has 0 N–H and O–H groups in total. The summed E-state index contributed by atoms with van der Waals surface area (Å²) in [6.07, 6.45) is 3.14. The van der Waals surface area contributed by atoms with E-state index in [0.717, 1.165) is 19.3 Å². The predicted molar refractivity (Wildman–Crippen MR) is 71.0 cm³/mol. The highest BCUT2D eigenvalue weighted by Gasteiger charge is 2.27. The van der Waals surface area contributed by atoms with Gasteiger partial charge in [-0.05, 0) is 36.3 Å². The van der Waals surface area contributed by atoms with Crippen molar-refractivity contribution in [2.45, 2.75) is 44.9 Å². The average Bonchev–Trinajstić information content (AvgIpc) is 2.39. The maximum absolute atomic E-state index is 8.45. The van der Waals surface area contributed by atoms with Crippen LogP contribution in [0, 0.1) is 5.92 Å². The Morgan fingerprint density at radius 2 is 2.11 bits per heavy atom. The first-order chi connectivity index (χ1) is 8.79. The van der Waals surface area contributed by atoms with Crippen LogP contribution in [-0.4, -0.2) is 12.1 Å². The van der Waals surface area contributed by atoms with Gasteiger partial charge >= 0.3 is 0 Å². The maximum atomic E-state index is 8.45.